The Labute approximate surface area is 148 Å². The van der Waals surface area contributed by atoms with E-state index in [9.17, 15) is 4.79 Å². The third-order valence-corrected chi connectivity index (χ3v) is 4.89. The minimum Gasteiger partial charge on any atom is -0.496 e. The normalized spacial score (nSPS) is 18.7. The van der Waals surface area contributed by atoms with Gasteiger partial charge in [-0.1, -0.05) is 0 Å². The van der Waals surface area contributed by atoms with Crippen LogP contribution in [0.1, 0.15) is 23.9 Å². The van der Waals surface area contributed by atoms with Gasteiger partial charge < -0.3 is 14.1 Å². The maximum Gasteiger partial charge on any atom is 0.239 e. The molecule has 6 nitrogen and oxygen atoms in total. The molecule has 2 aromatic rings. The Hall–Kier alpha value is -2.34. The van der Waals surface area contributed by atoms with Crippen molar-refractivity contribution in [2.45, 2.75) is 33.4 Å². The van der Waals surface area contributed by atoms with Crippen LogP contribution in [0.5, 0.6) is 5.75 Å². The van der Waals surface area contributed by atoms with Crippen LogP contribution in [0.2, 0.25) is 0 Å². The molecule has 0 bridgehead atoms. The van der Waals surface area contributed by atoms with Gasteiger partial charge in [0.15, 0.2) is 0 Å². The second-order valence-electron chi connectivity index (χ2n) is 6.61. The Bertz CT molecular complexity index is 784. The summed E-state index contributed by atoms with van der Waals surface area (Å²) < 4.78 is 11.2. The highest BCUT2D eigenvalue weighted by atomic mass is 16.5. The number of aryl methyl sites for hydroxylation is 2. The predicted octanol–water partition coefficient (Wildman–Crippen LogP) is 2.63. The number of carbonyl (C=O) groups excluding carboxylic acids is 1. The van der Waals surface area contributed by atoms with Gasteiger partial charge >= 0.3 is 0 Å². The molecule has 0 unspecified atom stereocenters. The van der Waals surface area contributed by atoms with Crippen molar-refractivity contribution in [1.82, 2.24) is 14.8 Å². The predicted molar refractivity (Wildman–Crippen MR) is 95.5 cm³/mol. The lowest BCUT2D eigenvalue weighted by Gasteiger charge is -2.36. The first-order valence-electron chi connectivity index (χ1n) is 8.51. The zero-order chi connectivity index (χ0) is 18.1. The molecule has 0 saturated carbocycles. The average molecular weight is 343 g/mol. The van der Waals surface area contributed by atoms with Crippen molar-refractivity contribution in [3.63, 3.8) is 0 Å². The number of rotatable bonds is 4. The standard InChI is InChI=1S/C19H25N3O3/c1-12-10-15(6-7-17(12)24-5)18-20-16(14(3)25-18)11-22-9-8-21(4)19(23)13(22)2/h6-7,10,13H,8-9,11H2,1-5H3/t13-/m0/s1. The van der Waals surface area contributed by atoms with E-state index in [1.807, 2.05) is 46.0 Å². The molecule has 6 heteroatoms. The Morgan fingerprint density at radius 3 is 2.76 bits per heavy atom. The van der Waals surface area contributed by atoms with Crippen molar-refractivity contribution in [3.05, 3.63) is 35.2 Å². The van der Waals surface area contributed by atoms with Crippen molar-refractivity contribution < 1.29 is 13.9 Å². The summed E-state index contributed by atoms with van der Waals surface area (Å²) in [5.74, 6) is 2.39. The molecule has 25 heavy (non-hydrogen) atoms. The zero-order valence-electron chi connectivity index (χ0n) is 15.5. The summed E-state index contributed by atoms with van der Waals surface area (Å²) >= 11 is 0. The van der Waals surface area contributed by atoms with Crippen LogP contribution in [0.15, 0.2) is 22.6 Å². The lowest BCUT2D eigenvalue weighted by atomic mass is 10.1. The maximum atomic E-state index is 12.2. The molecule has 1 aliphatic rings. The van der Waals surface area contributed by atoms with Crippen LogP contribution in [-0.4, -0.2) is 54.0 Å². The van der Waals surface area contributed by atoms with Crippen LogP contribution in [0.4, 0.5) is 0 Å². The van der Waals surface area contributed by atoms with Gasteiger partial charge in [-0.25, -0.2) is 4.98 Å². The van der Waals surface area contributed by atoms with E-state index in [1.54, 1.807) is 12.0 Å². The molecule has 1 amide bonds. The number of aromatic nitrogens is 1. The molecule has 1 fully saturated rings. The highest BCUT2D eigenvalue weighted by Crippen LogP contribution is 2.27. The number of amides is 1. The SMILES string of the molecule is COc1ccc(-c2nc(CN3CCN(C)C(=O)[C@@H]3C)c(C)o2)cc1C. The number of hydrogen-bond acceptors (Lipinski definition) is 5. The molecular formula is C19H25N3O3. The average Bonchev–Trinajstić information content (AvgIpc) is 2.96. The quantitative estimate of drug-likeness (QED) is 0.854. The first-order chi connectivity index (χ1) is 11.9. The molecule has 1 aromatic heterocycles. The van der Waals surface area contributed by atoms with Gasteiger partial charge in [0.2, 0.25) is 11.8 Å². The Morgan fingerprint density at radius 1 is 1.32 bits per heavy atom. The molecule has 1 saturated heterocycles. The number of oxazole rings is 1. The molecule has 0 N–H and O–H groups in total. The van der Waals surface area contributed by atoms with Crippen LogP contribution < -0.4 is 4.74 Å². The van der Waals surface area contributed by atoms with Gasteiger partial charge in [0, 0.05) is 32.2 Å². The number of benzene rings is 1. The summed E-state index contributed by atoms with van der Waals surface area (Å²) in [4.78, 5) is 20.8. The van der Waals surface area contributed by atoms with Crippen molar-refractivity contribution >= 4 is 5.91 Å². The van der Waals surface area contributed by atoms with E-state index in [4.69, 9.17) is 9.15 Å². The molecule has 1 aromatic carbocycles. The highest BCUT2D eigenvalue weighted by Gasteiger charge is 2.30. The van der Waals surface area contributed by atoms with Crippen molar-refractivity contribution in [2.75, 3.05) is 27.2 Å². The Kier molecular flexibility index (Phi) is 4.81. The topological polar surface area (TPSA) is 58.8 Å². The third-order valence-electron chi connectivity index (χ3n) is 4.89. The summed E-state index contributed by atoms with van der Waals surface area (Å²) in [5, 5.41) is 0. The van der Waals surface area contributed by atoms with Gasteiger partial charge in [-0.05, 0) is 44.5 Å². The second-order valence-corrected chi connectivity index (χ2v) is 6.61. The first kappa shape index (κ1) is 17.5. The number of likely N-dealkylation sites (N-methyl/N-ethyl adjacent to an activating group) is 1. The molecule has 3 rings (SSSR count). The van der Waals surface area contributed by atoms with Crippen LogP contribution in [0.25, 0.3) is 11.5 Å². The summed E-state index contributed by atoms with van der Waals surface area (Å²) in [7, 11) is 3.51. The van der Waals surface area contributed by atoms with E-state index in [1.165, 1.54) is 0 Å². The van der Waals surface area contributed by atoms with Crippen molar-refractivity contribution in [1.29, 1.82) is 0 Å². The largest absolute Gasteiger partial charge is 0.496 e. The second kappa shape index (κ2) is 6.88. The van der Waals surface area contributed by atoms with E-state index in [0.717, 1.165) is 41.4 Å². The Balaban J connectivity index is 1.81. The Morgan fingerprint density at radius 2 is 2.08 bits per heavy atom. The summed E-state index contributed by atoms with van der Waals surface area (Å²) in [6.07, 6.45) is 0. The smallest absolute Gasteiger partial charge is 0.239 e. The number of hydrogen-bond donors (Lipinski definition) is 0. The van der Waals surface area contributed by atoms with Crippen molar-refractivity contribution in [3.8, 4) is 17.2 Å². The highest BCUT2D eigenvalue weighted by molar-refractivity contribution is 5.81. The number of piperazine rings is 1. The molecule has 1 aliphatic heterocycles. The number of carbonyl (C=O) groups is 1. The molecule has 0 spiro atoms. The van der Waals surface area contributed by atoms with E-state index >= 15 is 0 Å². The fraction of sp³-hybridized carbons (Fsp3) is 0.474. The van der Waals surface area contributed by atoms with Gasteiger partial charge in [-0.2, -0.15) is 0 Å². The molecule has 1 atom stereocenters. The zero-order valence-corrected chi connectivity index (χ0v) is 15.5. The number of methoxy groups -OCH3 is 1. The third kappa shape index (κ3) is 3.39. The minimum absolute atomic E-state index is 0.137. The molecular weight excluding hydrogens is 318 g/mol. The van der Waals surface area contributed by atoms with Crippen LogP contribution in [0, 0.1) is 13.8 Å². The van der Waals surface area contributed by atoms with Crippen LogP contribution in [0.3, 0.4) is 0 Å². The summed E-state index contributed by atoms with van der Waals surface area (Å²) in [6.45, 7) is 8.06. The number of ether oxygens (including phenoxy) is 1. The van der Waals surface area contributed by atoms with Gasteiger partial charge in [0.25, 0.3) is 0 Å². The van der Waals surface area contributed by atoms with Gasteiger partial charge in [0.05, 0.1) is 18.8 Å². The maximum absolute atomic E-state index is 12.2. The van der Waals surface area contributed by atoms with Gasteiger partial charge in [-0.3, -0.25) is 9.69 Å². The van der Waals surface area contributed by atoms with E-state index in [-0.39, 0.29) is 11.9 Å². The summed E-state index contributed by atoms with van der Waals surface area (Å²) in [6, 6.07) is 5.74. The van der Waals surface area contributed by atoms with Crippen molar-refractivity contribution in [2.24, 2.45) is 0 Å². The summed E-state index contributed by atoms with van der Waals surface area (Å²) in [5.41, 5.74) is 2.85. The van der Waals surface area contributed by atoms with E-state index < -0.39 is 0 Å². The van der Waals surface area contributed by atoms with Gasteiger partial charge in [0.1, 0.15) is 11.5 Å². The fourth-order valence-electron chi connectivity index (χ4n) is 3.18. The van der Waals surface area contributed by atoms with E-state index in [2.05, 4.69) is 9.88 Å². The van der Waals surface area contributed by atoms with Crippen LogP contribution >= 0.6 is 0 Å². The molecule has 134 valence electrons. The molecule has 2 heterocycles. The van der Waals surface area contributed by atoms with E-state index in [0.29, 0.717) is 12.4 Å². The molecule has 0 aliphatic carbocycles. The first-order valence-corrected chi connectivity index (χ1v) is 8.51. The lowest BCUT2D eigenvalue weighted by Crippen LogP contribution is -2.53. The fourth-order valence-corrected chi connectivity index (χ4v) is 3.18. The monoisotopic (exact) mass is 343 g/mol. The minimum atomic E-state index is -0.137. The lowest BCUT2D eigenvalue weighted by molar-refractivity contribution is -0.139. The molecule has 0 radical (unpaired) electrons. The van der Waals surface area contributed by atoms with Crippen LogP contribution in [-0.2, 0) is 11.3 Å². The number of nitrogens with zero attached hydrogens (tertiary/aromatic N) is 3. The van der Waals surface area contributed by atoms with Gasteiger partial charge in [-0.15, -0.1) is 0 Å².